The number of benzene rings is 1. The number of nitrogen functional groups attached to an aromatic ring is 1. The number of aromatic nitrogens is 7. The van der Waals surface area contributed by atoms with Crippen LogP contribution >= 0.6 is 11.6 Å². The van der Waals surface area contributed by atoms with E-state index >= 15 is 0 Å². The van der Waals surface area contributed by atoms with Crippen LogP contribution in [0.4, 0.5) is 11.6 Å². The Kier molecular flexibility index (Phi) is 5.02. The van der Waals surface area contributed by atoms with Crippen LogP contribution in [0.5, 0.6) is 0 Å². The minimum atomic E-state index is -0.411. The van der Waals surface area contributed by atoms with Crippen molar-refractivity contribution < 1.29 is 4.52 Å². The number of nitrogens with one attached hydrogen (secondary N) is 2. The van der Waals surface area contributed by atoms with Crippen LogP contribution < -0.4 is 16.6 Å². The van der Waals surface area contributed by atoms with E-state index in [2.05, 4.69) is 35.6 Å². The van der Waals surface area contributed by atoms with Gasteiger partial charge in [-0.2, -0.15) is 10.1 Å². The molecule has 0 unspecified atom stereocenters. The highest BCUT2D eigenvalue weighted by atomic mass is 35.5. The molecule has 4 heterocycles. The summed E-state index contributed by atoms with van der Waals surface area (Å²) in [6, 6.07) is 8.39. The van der Waals surface area contributed by atoms with Gasteiger partial charge in [-0.3, -0.25) is 14.5 Å². The van der Waals surface area contributed by atoms with E-state index in [1.165, 1.54) is 10.9 Å². The number of H-pyrrole nitrogens is 1. The second-order valence-corrected chi connectivity index (χ2v) is 7.81. The van der Waals surface area contributed by atoms with Gasteiger partial charge in [-0.25, -0.2) is 9.97 Å². The molecule has 33 heavy (non-hydrogen) atoms. The number of rotatable bonds is 5. The standard InChI is InChI=1S/C21H18ClN9O2/c1-10(27-19-17(18(23)24-9-25-19)20-28-11(2)30-33-20)15-7-12-3-4-13(22)8-14(12)21(32)31(15)16-5-6-26-29-16/h3-10H,1-2H3,(H,26,29)(H3,23,24,25,27)/t10-/m0/s1. The molecule has 0 aliphatic heterocycles. The van der Waals surface area contributed by atoms with Gasteiger partial charge in [-0.05, 0) is 37.4 Å². The van der Waals surface area contributed by atoms with E-state index in [0.717, 1.165) is 5.39 Å². The van der Waals surface area contributed by atoms with Crippen molar-refractivity contribution >= 4 is 34.0 Å². The maximum Gasteiger partial charge on any atom is 0.265 e. The minimum absolute atomic E-state index is 0.182. The Bertz CT molecular complexity index is 1530. The smallest absolute Gasteiger partial charge is 0.265 e. The van der Waals surface area contributed by atoms with Crippen molar-refractivity contribution in [3.05, 3.63) is 69.8 Å². The van der Waals surface area contributed by atoms with Crippen molar-refractivity contribution in [2.45, 2.75) is 19.9 Å². The van der Waals surface area contributed by atoms with Gasteiger partial charge in [0.25, 0.3) is 11.4 Å². The average molecular weight is 464 g/mol. The molecule has 0 aliphatic carbocycles. The van der Waals surface area contributed by atoms with E-state index in [0.29, 0.717) is 39.1 Å². The highest BCUT2D eigenvalue weighted by Gasteiger charge is 2.22. The molecule has 0 spiro atoms. The largest absolute Gasteiger partial charge is 0.383 e. The number of nitrogens with zero attached hydrogens (tertiary/aromatic N) is 6. The lowest BCUT2D eigenvalue weighted by molar-refractivity contribution is 0.425. The van der Waals surface area contributed by atoms with Gasteiger partial charge in [0.2, 0.25) is 0 Å². The molecule has 0 saturated heterocycles. The van der Waals surface area contributed by atoms with Crippen molar-refractivity contribution in [1.29, 1.82) is 0 Å². The predicted octanol–water partition coefficient (Wildman–Crippen LogP) is 3.27. The molecule has 4 N–H and O–H groups in total. The van der Waals surface area contributed by atoms with Gasteiger partial charge in [-0.1, -0.05) is 22.8 Å². The van der Waals surface area contributed by atoms with Crippen LogP contribution in [0, 0.1) is 6.92 Å². The Balaban J connectivity index is 1.65. The zero-order valence-corrected chi connectivity index (χ0v) is 18.3. The van der Waals surface area contributed by atoms with Crippen molar-refractivity contribution in [2.24, 2.45) is 0 Å². The molecule has 0 bridgehead atoms. The fraction of sp³-hybridized carbons (Fsp3) is 0.143. The quantitative estimate of drug-likeness (QED) is 0.356. The van der Waals surface area contributed by atoms with Gasteiger partial charge in [0.15, 0.2) is 11.6 Å². The molecule has 0 radical (unpaired) electrons. The molecular formula is C21H18ClN9O2. The summed E-state index contributed by atoms with van der Waals surface area (Å²) in [7, 11) is 0. The summed E-state index contributed by atoms with van der Waals surface area (Å²) in [5, 5.41) is 15.8. The molecule has 5 aromatic rings. The Morgan fingerprint density at radius 3 is 2.82 bits per heavy atom. The maximum absolute atomic E-state index is 13.4. The second-order valence-electron chi connectivity index (χ2n) is 7.37. The van der Waals surface area contributed by atoms with E-state index < -0.39 is 6.04 Å². The second kappa shape index (κ2) is 8.02. The van der Waals surface area contributed by atoms with Crippen molar-refractivity contribution in [3.63, 3.8) is 0 Å². The number of pyridine rings is 1. The maximum atomic E-state index is 13.4. The molecule has 4 aromatic heterocycles. The molecule has 1 aromatic carbocycles. The zero-order valence-electron chi connectivity index (χ0n) is 17.6. The average Bonchev–Trinajstić information content (AvgIpc) is 3.46. The SMILES string of the molecule is Cc1noc(-c2c(N)ncnc2N[C@@H](C)c2cc3ccc(Cl)cc3c(=O)n2-c2cc[nH]n2)n1. The molecule has 1 atom stereocenters. The summed E-state index contributed by atoms with van der Waals surface area (Å²) in [4.78, 5) is 26.1. The predicted molar refractivity (Wildman–Crippen MR) is 123 cm³/mol. The molecule has 5 rings (SSSR count). The van der Waals surface area contributed by atoms with Crippen LogP contribution in [0.15, 0.2) is 52.2 Å². The van der Waals surface area contributed by atoms with E-state index in [-0.39, 0.29) is 17.3 Å². The van der Waals surface area contributed by atoms with Crippen molar-refractivity contribution in [3.8, 4) is 17.3 Å². The number of hydrogen-bond donors (Lipinski definition) is 3. The van der Waals surface area contributed by atoms with Crippen LogP contribution in [-0.4, -0.2) is 34.9 Å². The van der Waals surface area contributed by atoms with Gasteiger partial charge in [0.1, 0.15) is 23.5 Å². The van der Waals surface area contributed by atoms with E-state index in [1.807, 2.05) is 13.0 Å². The number of nitrogens with two attached hydrogens (primary N) is 1. The highest BCUT2D eigenvalue weighted by Crippen LogP contribution is 2.32. The summed E-state index contributed by atoms with van der Waals surface area (Å²) >= 11 is 6.14. The van der Waals surface area contributed by atoms with Gasteiger partial charge in [0.05, 0.1) is 11.7 Å². The third kappa shape index (κ3) is 3.68. The van der Waals surface area contributed by atoms with Crippen LogP contribution in [0.1, 0.15) is 24.5 Å². The first-order valence-electron chi connectivity index (χ1n) is 9.95. The topological polar surface area (TPSA) is 153 Å². The van der Waals surface area contributed by atoms with Crippen LogP contribution in [-0.2, 0) is 0 Å². The molecule has 0 aliphatic rings. The van der Waals surface area contributed by atoms with Crippen molar-refractivity contribution in [2.75, 3.05) is 11.1 Å². The van der Waals surface area contributed by atoms with E-state index in [4.69, 9.17) is 21.9 Å². The normalized spacial score (nSPS) is 12.2. The number of anilines is 2. The Labute approximate surface area is 191 Å². The summed E-state index contributed by atoms with van der Waals surface area (Å²) in [5.74, 6) is 1.66. The summed E-state index contributed by atoms with van der Waals surface area (Å²) in [6.45, 7) is 3.59. The van der Waals surface area contributed by atoms with Crippen molar-refractivity contribution in [1.82, 2.24) is 34.9 Å². The third-order valence-electron chi connectivity index (χ3n) is 5.14. The van der Waals surface area contributed by atoms with Gasteiger partial charge in [0, 0.05) is 22.7 Å². The Hall–Kier alpha value is -4.25. The monoisotopic (exact) mass is 463 g/mol. The van der Waals surface area contributed by atoms with Gasteiger partial charge >= 0.3 is 0 Å². The fourth-order valence-corrected chi connectivity index (χ4v) is 3.80. The summed E-state index contributed by atoms with van der Waals surface area (Å²) in [6.07, 6.45) is 2.98. The molecule has 11 nitrogen and oxygen atoms in total. The highest BCUT2D eigenvalue weighted by molar-refractivity contribution is 6.31. The lowest BCUT2D eigenvalue weighted by Gasteiger charge is -2.21. The molecule has 0 fully saturated rings. The van der Waals surface area contributed by atoms with E-state index in [1.54, 1.807) is 37.4 Å². The number of hydrogen-bond acceptors (Lipinski definition) is 9. The lowest BCUT2D eigenvalue weighted by Crippen LogP contribution is -2.26. The third-order valence-corrected chi connectivity index (χ3v) is 5.38. The molecule has 12 heteroatoms. The zero-order chi connectivity index (χ0) is 23.1. The molecule has 0 amide bonds. The number of halogens is 1. The van der Waals surface area contributed by atoms with E-state index in [9.17, 15) is 4.79 Å². The first-order valence-corrected chi connectivity index (χ1v) is 10.3. The molecule has 166 valence electrons. The first kappa shape index (κ1) is 20.6. The Morgan fingerprint density at radius 1 is 1.24 bits per heavy atom. The lowest BCUT2D eigenvalue weighted by atomic mass is 10.1. The first-order chi connectivity index (χ1) is 15.9. The summed E-state index contributed by atoms with van der Waals surface area (Å²) in [5.41, 5.74) is 6.87. The minimum Gasteiger partial charge on any atom is -0.383 e. The van der Waals surface area contributed by atoms with Crippen LogP contribution in [0.25, 0.3) is 28.0 Å². The number of aryl methyl sites for hydroxylation is 1. The van der Waals surface area contributed by atoms with Gasteiger partial charge < -0.3 is 15.6 Å². The van der Waals surface area contributed by atoms with Crippen LogP contribution in [0.2, 0.25) is 5.02 Å². The number of aromatic amines is 1. The van der Waals surface area contributed by atoms with Crippen LogP contribution in [0.3, 0.4) is 0 Å². The summed E-state index contributed by atoms with van der Waals surface area (Å²) < 4.78 is 6.81. The number of fused-ring (bicyclic) bond motifs is 1. The molecule has 0 saturated carbocycles. The molecular weight excluding hydrogens is 446 g/mol. The fourth-order valence-electron chi connectivity index (χ4n) is 3.63. The Morgan fingerprint density at radius 2 is 2.09 bits per heavy atom. The van der Waals surface area contributed by atoms with Gasteiger partial charge in [-0.15, -0.1) is 0 Å².